The van der Waals surface area contributed by atoms with Crippen molar-refractivity contribution in [2.24, 2.45) is 11.7 Å². The van der Waals surface area contributed by atoms with Gasteiger partial charge >= 0.3 is 11.9 Å². The number of hydrogen-bond donors (Lipinski definition) is 3. The Labute approximate surface area is 132 Å². The molecule has 128 valence electrons. The molecule has 4 N–H and O–H groups in total. The van der Waals surface area contributed by atoms with E-state index in [9.17, 15) is 19.8 Å². The first-order chi connectivity index (χ1) is 9.95. The van der Waals surface area contributed by atoms with Crippen LogP contribution in [-0.4, -0.2) is 38.9 Å². The fraction of sp³-hybridized carbons (Fsp3) is 0.875. The van der Waals surface area contributed by atoms with Crippen LogP contribution in [0.2, 0.25) is 0 Å². The molecule has 0 aromatic heterocycles. The van der Waals surface area contributed by atoms with E-state index in [0.717, 1.165) is 12.8 Å². The third-order valence-corrected chi connectivity index (χ3v) is 4.30. The van der Waals surface area contributed by atoms with Gasteiger partial charge in [0.25, 0.3) is 0 Å². The maximum atomic E-state index is 12.2. The predicted octanol–water partition coefficient (Wildman–Crippen LogP) is 1.83. The number of hydrogen-bond acceptors (Lipinski definition) is 5. The van der Waals surface area contributed by atoms with Crippen molar-refractivity contribution >= 4 is 11.9 Å². The number of aliphatic carboxylic acids is 1. The van der Waals surface area contributed by atoms with Crippen molar-refractivity contribution in [1.29, 1.82) is 0 Å². The average Bonchev–Trinajstić information content (AvgIpc) is 2.62. The Hall–Kier alpha value is -1.14. The molecule has 6 heteroatoms. The highest BCUT2D eigenvalue weighted by Crippen LogP contribution is 2.45. The zero-order valence-corrected chi connectivity index (χ0v) is 14.0. The lowest BCUT2D eigenvalue weighted by Gasteiger charge is -2.35. The van der Waals surface area contributed by atoms with E-state index in [0.29, 0.717) is 6.42 Å². The van der Waals surface area contributed by atoms with Gasteiger partial charge in [-0.2, -0.15) is 0 Å². The third-order valence-electron chi connectivity index (χ3n) is 4.30. The molecule has 0 heterocycles. The maximum absolute atomic E-state index is 12.2. The standard InChI is InChI=1S/C16H29NO5/c1-5-6-7-8-15(21)9-11(10-16(15,17)13(19)20)12(18)22-14(2,3)4/h11,21H,5-10,17H2,1-4H3,(H,19,20). The summed E-state index contributed by atoms with van der Waals surface area (Å²) in [7, 11) is 0. The van der Waals surface area contributed by atoms with Crippen molar-refractivity contribution in [3.8, 4) is 0 Å². The van der Waals surface area contributed by atoms with Gasteiger partial charge in [0.2, 0.25) is 0 Å². The van der Waals surface area contributed by atoms with Crippen molar-refractivity contribution in [3.63, 3.8) is 0 Å². The summed E-state index contributed by atoms with van der Waals surface area (Å²) in [5.74, 6) is -2.44. The predicted molar refractivity (Wildman–Crippen MR) is 82.2 cm³/mol. The minimum Gasteiger partial charge on any atom is -0.480 e. The zero-order valence-electron chi connectivity index (χ0n) is 14.0. The van der Waals surface area contributed by atoms with Crippen molar-refractivity contribution in [3.05, 3.63) is 0 Å². The second-order valence-corrected chi connectivity index (χ2v) is 7.40. The highest BCUT2D eigenvalue weighted by molar-refractivity contribution is 5.84. The highest BCUT2D eigenvalue weighted by Gasteiger charge is 2.61. The summed E-state index contributed by atoms with van der Waals surface area (Å²) in [4.78, 5) is 23.8. The largest absolute Gasteiger partial charge is 0.480 e. The van der Waals surface area contributed by atoms with Crippen LogP contribution in [0, 0.1) is 5.92 Å². The molecule has 0 spiro atoms. The van der Waals surface area contributed by atoms with E-state index in [1.54, 1.807) is 20.8 Å². The fourth-order valence-corrected chi connectivity index (χ4v) is 3.07. The molecule has 1 saturated carbocycles. The summed E-state index contributed by atoms with van der Waals surface area (Å²) in [5, 5.41) is 20.3. The van der Waals surface area contributed by atoms with Crippen LogP contribution < -0.4 is 5.73 Å². The number of rotatable bonds is 6. The molecule has 1 rings (SSSR count). The van der Waals surface area contributed by atoms with E-state index in [2.05, 4.69) is 0 Å². The number of carbonyl (C=O) groups is 2. The van der Waals surface area contributed by atoms with Crippen molar-refractivity contribution in [1.82, 2.24) is 0 Å². The number of aliphatic hydroxyl groups is 1. The Kier molecular flexibility index (Phi) is 5.62. The molecule has 1 fully saturated rings. The molecule has 0 amide bonds. The molecule has 1 aliphatic carbocycles. The summed E-state index contributed by atoms with van der Waals surface area (Å²) in [6, 6.07) is 0. The van der Waals surface area contributed by atoms with E-state index >= 15 is 0 Å². The van der Waals surface area contributed by atoms with Gasteiger partial charge in [0.05, 0.1) is 11.5 Å². The lowest BCUT2D eigenvalue weighted by atomic mass is 9.80. The van der Waals surface area contributed by atoms with Gasteiger partial charge in [-0.25, -0.2) is 0 Å². The topological polar surface area (TPSA) is 110 Å². The Balaban J connectivity index is 2.92. The fourth-order valence-electron chi connectivity index (χ4n) is 3.07. The van der Waals surface area contributed by atoms with Gasteiger partial charge in [-0.05, 0) is 40.0 Å². The Bertz CT molecular complexity index is 431. The van der Waals surface area contributed by atoms with Gasteiger partial charge < -0.3 is 20.7 Å². The van der Waals surface area contributed by atoms with Gasteiger partial charge in [-0.3, -0.25) is 9.59 Å². The van der Waals surface area contributed by atoms with Gasteiger partial charge in [0.1, 0.15) is 11.1 Å². The normalized spacial score (nSPS) is 32.0. The Morgan fingerprint density at radius 1 is 1.27 bits per heavy atom. The first-order valence-corrected chi connectivity index (χ1v) is 7.93. The number of esters is 1. The lowest BCUT2D eigenvalue weighted by molar-refractivity contribution is -0.160. The van der Waals surface area contributed by atoms with E-state index in [1.807, 2.05) is 6.92 Å². The summed E-state index contributed by atoms with van der Waals surface area (Å²) >= 11 is 0. The molecule has 0 bridgehead atoms. The molecule has 3 atom stereocenters. The number of unbranched alkanes of at least 4 members (excludes halogenated alkanes) is 2. The molecule has 6 nitrogen and oxygen atoms in total. The number of ether oxygens (including phenoxy) is 1. The van der Waals surface area contributed by atoms with E-state index in [1.165, 1.54) is 0 Å². The molecule has 3 unspecified atom stereocenters. The van der Waals surface area contributed by atoms with Crippen molar-refractivity contribution < 1.29 is 24.5 Å². The second kappa shape index (κ2) is 6.54. The molecule has 22 heavy (non-hydrogen) atoms. The van der Waals surface area contributed by atoms with Gasteiger partial charge in [-0.15, -0.1) is 0 Å². The number of nitrogens with two attached hydrogens (primary N) is 1. The molecule has 0 aromatic carbocycles. The SMILES string of the molecule is CCCCCC1(O)CC(C(=O)OC(C)(C)C)CC1(N)C(=O)O. The van der Waals surface area contributed by atoms with Crippen LogP contribution in [0.5, 0.6) is 0 Å². The summed E-state index contributed by atoms with van der Waals surface area (Å²) in [5.41, 5.74) is 1.97. The maximum Gasteiger partial charge on any atom is 0.326 e. The number of carbonyl (C=O) groups excluding carboxylic acids is 1. The van der Waals surface area contributed by atoms with Crippen LogP contribution in [-0.2, 0) is 14.3 Å². The highest BCUT2D eigenvalue weighted by atomic mass is 16.6. The Morgan fingerprint density at radius 3 is 2.32 bits per heavy atom. The quantitative estimate of drug-likeness (QED) is 0.509. The monoisotopic (exact) mass is 315 g/mol. The first-order valence-electron chi connectivity index (χ1n) is 7.93. The van der Waals surface area contributed by atoms with Crippen LogP contribution in [0.1, 0.15) is 66.2 Å². The smallest absolute Gasteiger partial charge is 0.326 e. The minimum absolute atomic E-state index is 0.0361. The number of carboxylic acid groups (broad SMARTS) is 1. The van der Waals surface area contributed by atoms with Gasteiger partial charge in [0, 0.05) is 0 Å². The van der Waals surface area contributed by atoms with Crippen LogP contribution in [0.15, 0.2) is 0 Å². The third kappa shape index (κ3) is 3.98. The van der Waals surface area contributed by atoms with Crippen LogP contribution >= 0.6 is 0 Å². The van der Waals surface area contributed by atoms with E-state index in [4.69, 9.17) is 10.5 Å². The molecule has 0 saturated heterocycles. The summed E-state index contributed by atoms with van der Waals surface area (Å²) in [6.45, 7) is 7.27. The van der Waals surface area contributed by atoms with E-state index < -0.39 is 34.6 Å². The Morgan fingerprint density at radius 2 is 1.86 bits per heavy atom. The van der Waals surface area contributed by atoms with Crippen molar-refractivity contribution in [2.75, 3.05) is 0 Å². The van der Waals surface area contributed by atoms with Gasteiger partial charge in [-0.1, -0.05) is 26.2 Å². The molecular weight excluding hydrogens is 286 g/mol. The molecule has 0 radical (unpaired) electrons. The minimum atomic E-state index is -1.80. The lowest BCUT2D eigenvalue weighted by Crippen LogP contribution is -2.62. The molecule has 0 aromatic rings. The molecule has 1 aliphatic rings. The second-order valence-electron chi connectivity index (χ2n) is 7.40. The van der Waals surface area contributed by atoms with Gasteiger partial charge in [0.15, 0.2) is 0 Å². The summed E-state index contributed by atoms with van der Waals surface area (Å²) in [6.07, 6.45) is 2.74. The zero-order chi connectivity index (χ0) is 17.2. The summed E-state index contributed by atoms with van der Waals surface area (Å²) < 4.78 is 5.32. The van der Waals surface area contributed by atoms with Crippen LogP contribution in [0.3, 0.4) is 0 Å². The van der Waals surface area contributed by atoms with Crippen LogP contribution in [0.25, 0.3) is 0 Å². The first kappa shape index (κ1) is 18.9. The number of carboxylic acids is 1. The molecular formula is C16H29NO5. The van der Waals surface area contributed by atoms with Crippen molar-refractivity contribution in [2.45, 2.75) is 83.0 Å². The van der Waals surface area contributed by atoms with E-state index in [-0.39, 0.29) is 19.3 Å². The molecule has 0 aliphatic heterocycles. The average molecular weight is 315 g/mol. The van der Waals surface area contributed by atoms with Crippen LogP contribution in [0.4, 0.5) is 0 Å².